The Balaban J connectivity index is 1.60. The maximum atomic E-state index is 11.4. The Morgan fingerprint density at radius 1 is 1.32 bits per heavy atom. The molecule has 0 bridgehead atoms. The average Bonchev–Trinajstić information content (AvgIpc) is 3.28. The fourth-order valence-corrected chi connectivity index (χ4v) is 3.40. The number of aromatic nitrogens is 8. The van der Waals surface area contributed by atoms with Crippen LogP contribution in [0.4, 0.5) is 5.95 Å². The Bertz CT molecular complexity index is 1470. The highest BCUT2D eigenvalue weighted by Gasteiger charge is 2.21. The van der Waals surface area contributed by atoms with Gasteiger partial charge in [-0.15, -0.1) is 0 Å². The molecule has 31 heavy (non-hydrogen) atoms. The highest BCUT2D eigenvalue weighted by molar-refractivity contribution is 5.57. The van der Waals surface area contributed by atoms with E-state index in [2.05, 4.69) is 40.4 Å². The van der Waals surface area contributed by atoms with Gasteiger partial charge in [-0.1, -0.05) is 0 Å². The average molecular weight is 422 g/mol. The van der Waals surface area contributed by atoms with E-state index in [1.165, 1.54) is 0 Å². The largest absolute Gasteiger partial charge is 0.493 e. The SMILES string of the molecule is Cc1nn(C)c(C)c1CNc1nc(=NC2CC2)n2nc/c(=C\c3[nH]c(=O)[nH]c3O)c2n1. The van der Waals surface area contributed by atoms with Crippen LogP contribution in [0.3, 0.4) is 0 Å². The third-order valence-corrected chi connectivity index (χ3v) is 5.34. The zero-order valence-electron chi connectivity index (χ0n) is 17.3. The van der Waals surface area contributed by atoms with Gasteiger partial charge in [-0.05, 0) is 32.8 Å². The fourth-order valence-electron chi connectivity index (χ4n) is 3.40. The molecule has 12 nitrogen and oxygen atoms in total. The molecule has 0 unspecified atom stereocenters. The monoisotopic (exact) mass is 422 g/mol. The van der Waals surface area contributed by atoms with Crippen molar-refractivity contribution in [3.63, 3.8) is 0 Å². The van der Waals surface area contributed by atoms with Crippen LogP contribution in [0.1, 0.15) is 35.5 Å². The van der Waals surface area contributed by atoms with E-state index in [9.17, 15) is 9.90 Å². The lowest BCUT2D eigenvalue weighted by Gasteiger charge is -2.06. The topological polar surface area (TPSA) is 154 Å². The maximum absolute atomic E-state index is 11.4. The number of hydrogen-bond acceptors (Lipinski definition) is 8. The third-order valence-electron chi connectivity index (χ3n) is 5.34. The third kappa shape index (κ3) is 3.56. The minimum absolute atomic E-state index is 0.246. The second-order valence-corrected chi connectivity index (χ2v) is 7.66. The van der Waals surface area contributed by atoms with Crippen molar-refractivity contribution in [3.8, 4) is 5.88 Å². The van der Waals surface area contributed by atoms with E-state index < -0.39 is 5.69 Å². The number of aryl methyl sites for hydroxylation is 2. The molecule has 1 aliphatic rings. The number of aromatic amines is 2. The van der Waals surface area contributed by atoms with Crippen molar-refractivity contribution < 1.29 is 5.11 Å². The summed E-state index contributed by atoms with van der Waals surface area (Å²) in [6, 6.07) is 0.246. The molecule has 5 rings (SSSR count). The fraction of sp³-hybridized carbons (Fsp3) is 0.368. The number of nitrogens with zero attached hydrogens (tertiary/aromatic N) is 7. The lowest BCUT2D eigenvalue weighted by atomic mass is 10.2. The minimum atomic E-state index is -0.496. The van der Waals surface area contributed by atoms with E-state index in [1.54, 1.807) is 16.8 Å². The summed E-state index contributed by atoms with van der Waals surface area (Å²) in [6.07, 6.45) is 5.25. The number of anilines is 1. The molecule has 0 atom stereocenters. The molecule has 0 saturated heterocycles. The summed E-state index contributed by atoms with van der Waals surface area (Å²) in [4.78, 5) is 30.1. The van der Waals surface area contributed by atoms with Gasteiger partial charge in [0, 0.05) is 30.1 Å². The second kappa shape index (κ2) is 7.07. The summed E-state index contributed by atoms with van der Waals surface area (Å²) in [5.41, 5.74) is 3.82. The predicted octanol–water partition coefficient (Wildman–Crippen LogP) is -0.580. The van der Waals surface area contributed by atoms with Gasteiger partial charge in [0.2, 0.25) is 11.8 Å². The predicted molar refractivity (Wildman–Crippen MR) is 111 cm³/mol. The van der Waals surface area contributed by atoms with Crippen molar-refractivity contribution in [3.05, 3.63) is 50.2 Å². The summed E-state index contributed by atoms with van der Waals surface area (Å²) in [5.74, 6) is 0.165. The van der Waals surface area contributed by atoms with Gasteiger partial charge in [-0.2, -0.15) is 24.7 Å². The first-order chi connectivity index (χ1) is 14.9. The Hall–Kier alpha value is -3.96. The molecule has 160 valence electrons. The molecule has 4 heterocycles. The number of fused-ring (bicyclic) bond motifs is 1. The molecule has 0 aromatic carbocycles. The van der Waals surface area contributed by atoms with E-state index in [4.69, 9.17) is 0 Å². The lowest BCUT2D eigenvalue weighted by Crippen LogP contribution is -2.25. The van der Waals surface area contributed by atoms with E-state index in [0.29, 0.717) is 29.0 Å². The normalized spacial score (nSPS) is 15.3. The van der Waals surface area contributed by atoms with Gasteiger partial charge in [0.25, 0.3) is 5.62 Å². The zero-order chi connectivity index (χ0) is 21.7. The highest BCUT2D eigenvalue weighted by atomic mass is 16.3. The molecule has 0 radical (unpaired) electrons. The van der Waals surface area contributed by atoms with Crippen molar-refractivity contribution >= 4 is 17.7 Å². The number of hydrogen-bond donors (Lipinski definition) is 4. The van der Waals surface area contributed by atoms with Gasteiger partial charge in [-0.25, -0.2) is 9.79 Å². The standard InChI is InChI=1S/C19H22N10O2/c1-9-13(10(2)28(3)27-9)8-20-17-24-15-11(6-14-16(30)25-19(31)23-14)7-21-29(15)18(26-17)22-12-4-5-12/h6-7,12,30H,4-5,8H2,1-3H3,(H,20,22,26)(H2,23,25,31)/b11-6+. The quantitative estimate of drug-likeness (QED) is 0.335. The van der Waals surface area contributed by atoms with Crippen molar-refractivity contribution in [2.45, 2.75) is 39.3 Å². The molecule has 0 amide bonds. The summed E-state index contributed by atoms with van der Waals surface area (Å²) < 4.78 is 3.41. The summed E-state index contributed by atoms with van der Waals surface area (Å²) >= 11 is 0. The second-order valence-electron chi connectivity index (χ2n) is 7.66. The van der Waals surface area contributed by atoms with Gasteiger partial charge >= 0.3 is 5.69 Å². The van der Waals surface area contributed by atoms with Crippen LogP contribution < -0.4 is 21.8 Å². The number of nitrogens with one attached hydrogen (secondary N) is 3. The Kier molecular flexibility index (Phi) is 4.34. The molecule has 12 heteroatoms. The van der Waals surface area contributed by atoms with Gasteiger partial charge in [0.15, 0.2) is 5.65 Å². The van der Waals surface area contributed by atoms with Gasteiger partial charge in [0.1, 0.15) is 5.69 Å². The number of H-pyrrole nitrogens is 2. The summed E-state index contributed by atoms with van der Waals surface area (Å²) in [6.45, 7) is 4.50. The summed E-state index contributed by atoms with van der Waals surface area (Å²) in [5, 5.41) is 22.6. The molecule has 1 aliphatic carbocycles. The molecule has 0 spiro atoms. The van der Waals surface area contributed by atoms with Crippen LogP contribution in [0.2, 0.25) is 0 Å². The summed E-state index contributed by atoms with van der Waals surface area (Å²) in [7, 11) is 1.91. The Labute approximate surface area is 175 Å². The lowest BCUT2D eigenvalue weighted by molar-refractivity contribution is 0.454. The minimum Gasteiger partial charge on any atom is -0.493 e. The van der Waals surface area contributed by atoms with Crippen LogP contribution in [-0.4, -0.2) is 50.5 Å². The highest BCUT2D eigenvalue weighted by Crippen LogP contribution is 2.22. The van der Waals surface area contributed by atoms with Crippen molar-refractivity contribution in [2.75, 3.05) is 5.32 Å². The first-order valence-electron chi connectivity index (χ1n) is 9.94. The number of imidazole rings is 1. The smallest absolute Gasteiger partial charge is 0.326 e. The van der Waals surface area contributed by atoms with E-state index in [1.807, 2.05) is 25.6 Å². The van der Waals surface area contributed by atoms with Crippen LogP contribution in [0.25, 0.3) is 11.7 Å². The molecule has 1 fully saturated rings. The molecular weight excluding hydrogens is 400 g/mol. The molecule has 4 aromatic rings. The molecule has 4 aromatic heterocycles. The van der Waals surface area contributed by atoms with Crippen LogP contribution in [-0.2, 0) is 13.6 Å². The van der Waals surface area contributed by atoms with Crippen LogP contribution in [0.15, 0.2) is 16.0 Å². The van der Waals surface area contributed by atoms with Crippen LogP contribution in [0.5, 0.6) is 5.88 Å². The molecule has 1 saturated carbocycles. The van der Waals surface area contributed by atoms with Gasteiger partial charge in [0.05, 0.1) is 17.9 Å². The van der Waals surface area contributed by atoms with Crippen LogP contribution >= 0.6 is 0 Å². The zero-order valence-corrected chi connectivity index (χ0v) is 17.3. The van der Waals surface area contributed by atoms with Crippen LogP contribution in [0, 0.1) is 13.8 Å². The maximum Gasteiger partial charge on any atom is 0.326 e. The van der Waals surface area contributed by atoms with Crippen molar-refractivity contribution in [2.24, 2.45) is 12.0 Å². The molecule has 4 N–H and O–H groups in total. The van der Waals surface area contributed by atoms with Gasteiger partial charge < -0.3 is 15.4 Å². The van der Waals surface area contributed by atoms with E-state index >= 15 is 0 Å². The first-order valence-corrected chi connectivity index (χ1v) is 9.94. The van der Waals surface area contributed by atoms with E-state index in [-0.39, 0.29) is 17.6 Å². The molecule has 0 aliphatic heterocycles. The van der Waals surface area contributed by atoms with Crippen molar-refractivity contribution in [1.82, 2.24) is 39.3 Å². The number of rotatable bonds is 5. The van der Waals surface area contributed by atoms with Crippen molar-refractivity contribution in [1.29, 1.82) is 0 Å². The van der Waals surface area contributed by atoms with E-state index in [0.717, 1.165) is 29.8 Å². The number of aromatic hydroxyl groups is 1. The molecular formula is C19H22N10O2. The Morgan fingerprint density at radius 2 is 2.13 bits per heavy atom. The first kappa shape index (κ1) is 19.0. The van der Waals surface area contributed by atoms with Gasteiger partial charge in [-0.3, -0.25) is 9.67 Å². The Morgan fingerprint density at radius 3 is 2.77 bits per heavy atom.